The van der Waals surface area contributed by atoms with E-state index in [-0.39, 0.29) is 6.04 Å². The second-order valence-corrected chi connectivity index (χ2v) is 10.5. The van der Waals surface area contributed by atoms with Gasteiger partial charge in [-0.25, -0.2) is 9.97 Å². The lowest BCUT2D eigenvalue weighted by Crippen LogP contribution is -2.46. The van der Waals surface area contributed by atoms with E-state index in [1.807, 2.05) is 24.5 Å². The van der Waals surface area contributed by atoms with Gasteiger partial charge in [-0.05, 0) is 57.2 Å². The highest BCUT2D eigenvalue weighted by atomic mass is 35.5. The highest BCUT2D eigenvalue weighted by Crippen LogP contribution is 2.29. The van der Waals surface area contributed by atoms with Crippen LogP contribution in [0.5, 0.6) is 0 Å². The second kappa shape index (κ2) is 10.1. The van der Waals surface area contributed by atoms with Gasteiger partial charge in [0.05, 0.1) is 6.20 Å². The van der Waals surface area contributed by atoms with E-state index in [0.717, 1.165) is 43.0 Å². The lowest BCUT2D eigenvalue weighted by atomic mass is 9.90. The summed E-state index contributed by atoms with van der Waals surface area (Å²) in [4.78, 5) is 16.0. The molecule has 0 spiro atoms. The monoisotopic (exact) mass is 521 g/mol. The van der Waals surface area contributed by atoms with Gasteiger partial charge in [0.25, 0.3) is 0 Å². The van der Waals surface area contributed by atoms with Crippen LogP contribution >= 0.6 is 11.6 Å². The Bertz CT molecular complexity index is 1380. The summed E-state index contributed by atoms with van der Waals surface area (Å²) in [6.07, 6.45) is 7.31. The summed E-state index contributed by atoms with van der Waals surface area (Å²) in [5.41, 5.74) is 1.42. The highest BCUT2D eigenvalue weighted by molar-refractivity contribution is 6.32. The minimum absolute atomic E-state index is 0.236. The first-order valence-corrected chi connectivity index (χ1v) is 12.9. The molecule has 11 heteroatoms. The number of anilines is 4. The fourth-order valence-electron chi connectivity index (χ4n) is 4.71. The highest BCUT2D eigenvalue weighted by Gasteiger charge is 2.29. The minimum Gasteiger partial charge on any atom is -0.382 e. The molecule has 37 heavy (non-hydrogen) atoms. The van der Waals surface area contributed by atoms with Gasteiger partial charge in [-0.15, -0.1) is 10.2 Å². The average Bonchev–Trinajstić information content (AvgIpc) is 3.31. The van der Waals surface area contributed by atoms with Gasteiger partial charge >= 0.3 is 0 Å². The van der Waals surface area contributed by atoms with Crippen LogP contribution in [0, 0.1) is 12.8 Å². The maximum absolute atomic E-state index is 10.3. The lowest BCUT2D eigenvalue weighted by Gasteiger charge is -2.39. The second-order valence-electron chi connectivity index (χ2n) is 10.1. The number of nitrogens with one attached hydrogen (secondary N) is 2. The van der Waals surface area contributed by atoms with Crippen LogP contribution in [-0.4, -0.2) is 53.8 Å². The van der Waals surface area contributed by atoms with Gasteiger partial charge in [0.15, 0.2) is 17.3 Å². The Morgan fingerprint density at radius 3 is 2.73 bits per heavy atom. The number of hydrogen-bond acceptors (Lipinski definition) is 9. The van der Waals surface area contributed by atoms with E-state index in [1.165, 1.54) is 0 Å². The first-order chi connectivity index (χ1) is 17.7. The Morgan fingerprint density at radius 1 is 1.16 bits per heavy atom. The van der Waals surface area contributed by atoms with E-state index in [2.05, 4.69) is 66.7 Å². The number of rotatable bonds is 7. The molecule has 4 aromatic rings. The zero-order chi connectivity index (χ0) is 26.2. The molecule has 1 fully saturated rings. The topological polar surface area (TPSA) is 116 Å². The van der Waals surface area contributed by atoms with Gasteiger partial charge in [-0.1, -0.05) is 24.6 Å². The Labute approximate surface area is 221 Å². The molecular formula is C26H32ClN9O. The number of fused-ring (bicyclic) bond motifs is 1. The number of aromatic nitrogens is 6. The normalized spacial score (nSPS) is 18.3. The molecule has 2 atom stereocenters. The number of halogens is 1. The quantitative estimate of drug-likeness (QED) is 0.321. The van der Waals surface area contributed by atoms with Gasteiger partial charge in [-0.2, -0.15) is 4.98 Å². The molecule has 4 aromatic heterocycles. The molecule has 0 saturated carbocycles. The molecule has 1 aliphatic rings. The number of aliphatic hydroxyl groups is 1. The molecule has 10 nitrogen and oxygen atoms in total. The van der Waals surface area contributed by atoms with Crippen molar-refractivity contribution in [3.8, 4) is 0 Å². The summed E-state index contributed by atoms with van der Waals surface area (Å²) in [6, 6.07) is 8.13. The van der Waals surface area contributed by atoms with Crippen LogP contribution < -0.4 is 15.5 Å². The SMILES string of the molecule is CCC1CN(c2ccc(C)cn2)CCC1Nc1nc(Nc2ccn3c(C(C)(C)O)nnc3c2)ncc1Cl. The molecule has 0 aromatic carbocycles. The number of piperidine rings is 1. The zero-order valence-corrected chi connectivity index (χ0v) is 22.2. The lowest BCUT2D eigenvalue weighted by molar-refractivity contribution is 0.0676. The molecule has 3 N–H and O–H groups in total. The maximum Gasteiger partial charge on any atom is 0.229 e. The van der Waals surface area contributed by atoms with E-state index in [1.54, 1.807) is 24.4 Å². The fourth-order valence-corrected chi connectivity index (χ4v) is 4.86. The van der Waals surface area contributed by atoms with Crippen molar-refractivity contribution >= 4 is 40.5 Å². The van der Waals surface area contributed by atoms with E-state index in [0.29, 0.717) is 34.2 Å². The van der Waals surface area contributed by atoms with Gasteiger partial charge in [0, 0.05) is 43.3 Å². The van der Waals surface area contributed by atoms with Crippen molar-refractivity contribution in [2.75, 3.05) is 28.6 Å². The van der Waals surface area contributed by atoms with Crippen molar-refractivity contribution < 1.29 is 5.11 Å². The first-order valence-electron chi connectivity index (χ1n) is 12.5. The van der Waals surface area contributed by atoms with Crippen LogP contribution in [0.2, 0.25) is 5.02 Å². The third-order valence-electron chi connectivity index (χ3n) is 6.76. The molecule has 194 valence electrons. The molecule has 0 bridgehead atoms. The Kier molecular flexibility index (Phi) is 6.87. The van der Waals surface area contributed by atoms with Gasteiger partial charge in [0.1, 0.15) is 16.4 Å². The predicted molar refractivity (Wildman–Crippen MR) is 146 cm³/mol. The van der Waals surface area contributed by atoms with Crippen LogP contribution in [0.25, 0.3) is 5.65 Å². The van der Waals surface area contributed by atoms with E-state index in [9.17, 15) is 5.11 Å². The van der Waals surface area contributed by atoms with Crippen LogP contribution in [-0.2, 0) is 5.60 Å². The fraction of sp³-hybridized carbons (Fsp3) is 0.423. The van der Waals surface area contributed by atoms with Gasteiger partial charge in [0.2, 0.25) is 5.95 Å². The molecule has 0 amide bonds. The molecule has 0 aliphatic carbocycles. The molecule has 1 aliphatic heterocycles. The van der Waals surface area contributed by atoms with Crippen molar-refractivity contribution in [1.82, 2.24) is 29.5 Å². The number of aryl methyl sites for hydroxylation is 1. The largest absolute Gasteiger partial charge is 0.382 e. The maximum atomic E-state index is 10.3. The van der Waals surface area contributed by atoms with Gasteiger partial charge in [-0.3, -0.25) is 4.40 Å². The first kappa shape index (κ1) is 25.2. The molecule has 1 saturated heterocycles. The van der Waals surface area contributed by atoms with E-state index >= 15 is 0 Å². The van der Waals surface area contributed by atoms with Gasteiger partial charge < -0.3 is 20.6 Å². The minimum atomic E-state index is -1.10. The Balaban J connectivity index is 1.30. The molecular weight excluding hydrogens is 490 g/mol. The van der Waals surface area contributed by atoms with Crippen molar-refractivity contribution in [3.63, 3.8) is 0 Å². The van der Waals surface area contributed by atoms with Crippen LogP contribution in [0.15, 0.2) is 42.9 Å². The standard InChI is InChI=1S/C26H32ClN9O/c1-5-17-15-35(21-7-6-16(2)13-28-21)10-9-20(17)31-23-19(27)14-29-25(32-23)30-18-8-11-36-22(12-18)33-34-24(36)26(3,4)37/h6-8,11-14,17,20,37H,5,9-10,15H2,1-4H3,(H2,29,30,31,32). The van der Waals surface area contributed by atoms with E-state index in [4.69, 9.17) is 11.6 Å². The average molecular weight is 522 g/mol. The van der Waals surface area contributed by atoms with Crippen LogP contribution in [0.4, 0.5) is 23.3 Å². The van der Waals surface area contributed by atoms with Crippen molar-refractivity contribution in [3.05, 3.63) is 59.3 Å². The summed E-state index contributed by atoms with van der Waals surface area (Å²) >= 11 is 6.49. The summed E-state index contributed by atoms with van der Waals surface area (Å²) in [5.74, 6) is 2.94. The smallest absolute Gasteiger partial charge is 0.229 e. The van der Waals surface area contributed by atoms with Crippen LogP contribution in [0.3, 0.4) is 0 Å². The third kappa shape index (κ3) is 5.45. The Morgan fingerprint density at radius 2 is 2.00 bits per heavy atom. The molecule has 5 heterocycles. The molecule has 2 unspecified atom stereocenters. The van der Waals surface area contributed by atoms with Crippen LogP contribution in [0.1, 0.15) is 45.0 Å². The van der Waals surface area contributed by atoms with Crippen molar-refractivity contribution in [2.45, 2.75) is 52.2 Å². The van der Waals surface area contributed by atoms with E-state index < -0.39 is 5.60 Å². The number of pyridine rings is 2. The number of nitrogens with zero attached hydrogens (tertiary/aromatic N) is 7. The third-order valence-corrected chi connectivity index (χ3v) is 7.03. The summed E-state index contributed by atoms with van der Waals surface area (Å²) in [7, 11) is 0. The summed E-state index contributed by atoms with van der Waals surface area (Å²) in [6.45, 7) is 9.45. The zero-order valence-electron chi connectivity index (χ0n) is 21.5. The predicted octanol–water partition coefficient (Wildman–Crippen LogP) is 4.56. The van der Waals surface area contributed by atoms with Crippen molar-refractivity contribution in [2.24, 2.45) is 5.92 Å². The summed E-state index contributed by atoms with van der Waals surface area (Å²) in [5, 5.41) is 25.9. The molecule has 0 radical (unpaired) electrons. The Hall–Kier alpha value is -3.50. The number of hydrogen-bond donors (Lipinski definition) is 3. The van der Waals surface area contributed by atoms with Crippen molar-refractivity contribution in [1.29, 1.82) is 0 Å². The summed E-state index contributed by atoms with van der Waals surface area (Å²) < 4.78 is 1.75. The molecule has 5 rings (SSSR count).